The van der Waals surface area contributed by atoms with Gasteiger partial charge < -0.3 is 10.1 Å². The number of carbonyl (C=O) groups excluding carboxylic acids is 1. The average Bonchev–Trinajstić information content (AvgIpc) is 2.63. The molecule has 0 radical (unpaired) electrons. The van der Waals surface area contributed by atoms with Crippen molar-refractivity contribution in [2.75, 3.05) is 26.0 Å². The third kappa shape index (κ3) is 4.64. The van der Waals surface area contributed by atoms with Gasteiger partial charge in [0, 0.05) is 19.8 Å². The van der Waals surface area contributed by atoms with Crippen LogP contribution >= 0.6 is 0 Å². The van der Waals surface area contributed by atoms with Crippen molar-refractivity contribution in [3.05, 3.63) is 53.1 Å². The number of nitrogens with zero attached hydrogens (tertiary/aromatic N) is 2. The molecule has 8 heteroatoms. The van der Waals surface area contributed by atoms with Crippen molar-refractivity contribution in [1.82, 2.24) is 4.31 Å². The molecule has 0 spiro atoms. The SMILES string of the molecule is Cc1cc(S(=O)(=O)N(C)C)cc(NC(=O)COc2ccccc2C#N)c1C. The molecule has 0 aliphatic heterocycles. The van der Waals surface area contributed by atoms with Gasteiger partial charge in [0.15, 0.2) is 6.61 Å². The molecular formula is C19H21N3O4S. The van der Waals surface area contributed by atoms with Crippen LogP contribution in [0.5, 0.6) is 5.75 Å². The highest BCUT2D eigenvalue weighted by Crippen LogP contribution is 2.25. The summed E-state index contributed by atoms with van der Waals surface area (Å²) in [5.41, 5.74) is 2.23. The third-order valence-corrected chi connectivity index (χ3v) is 5.85. The molecule has 0 fully saturated rings. The van der Waals surface area contributed by atoms with E-state index in [1.165, 1.54) is 20.2 Å². The van der Waals surface area contributed by atoms with Crippen molar-refractivity contribution >= 4 is 21.6 Å². The quantitative estimate of drug-likeness (QED) is 0.821. The second kappa shape index (κ2) is 8.20. The van der Waals surface area contributed by atoms with Crippen LogP contribution in [0.15, 0.2) is 41.3 Å². The Labute approximate surface area is 159 Å². The Morgan fingerprint density at radius 1 is 1.22 bits per heavy atom. The van der Waals surface area contributed by atoms with Crippen molar-refractivity contribution in [2.24, 2.45) is 0 Å². The standard InChI is InChI=1S/C19H21N3O4S/c1-13-9-16(27(24,25)22(3)4)10-17(14(13)2)21-19(23)12-26-18-8-6-5-7-15(18)11-20/h5-10H,12H2,1-4H3,(H,21,23). The number of ether oxygens (including phenoxy) is 1. The van der Waals surface area contributed by atoms with E-state index in [0.717, 1.165) is 15.4 Å². The van der Waals surface area contributed by atoms with Crippen LogP contribution in [0.25, 0.3) is 0 Å². The summed E-state index contributed by atoms with van der Waals surface area (Å²) in [5.74, 6) is -0.142. The van der Waals surface area contributed by atoms with Crippen molar-refractivity contribution in [2.45, 2.75) is 18.7 Å². The van der Waals surface area contributed by atoms with Gasteiger partial charge >= 0.3 is 0 Å². The molecule has 0 aliphatic carbocycles. The van der Waals surface area contributed by atoms with Crippen LogP contribution in [-0.2, 0) is 14.8 Å². The van der Waals surface area contributed by atoms with Crippen molar-refractivity contribution in [3.8, 4) is 11.8 Å². The van der Waals surface area contributed by atoms with Gasteiger partial charge in [-0.2, -0.15) is 5.26 Å². The van der Waals surface area contributed by atoms with Gasteiger partial charge in [-0.15, -0.1) is 0 Å². The fraction of sp³-hybridized carbons (Fsp3) is 0.263. The normalized spacial score (nSPS) is 11.1. The number of anilines is 1. The van der Waals surface area contributed by atoms with E-state index in [1.54, 1.807) is 44.2 Å². The van der Waals surface area contributed by atoms with Crippen molar-refractivity contribution in [1.29, 1.82) is 5.26 Å². The van der Waals surface area contributed by atoms with Gasteiger partial charge in [0.1, 0.15) is 11.8 Å². The molecule has 2 aromatic rings. The highest BCUT2D eigenvalue weighted by molar-refractivity contribution is 7.89. The van der Waals surface area contributed by atoms with Crippen molar-refractivity contribution in [3.63, 3.8) is 0 Å². The minimum atomic E-state index is -3.62. The lowest BCUT2D eigenvalue weighted by molar-refractivity contribution is -0.118. The largest absolute Gasteiger partial charge is 0.482 e. The molecule has 0 heterocycles. The second-order valence-corrected chi connectivity index (χ2v) is 8.30. The summed E-state index contributed by atoms with van der Waals surface area (Å²) in [6.45, 7) is 3.27. The van der Waals surface area contributed by atoms with E-state index in [-0.39, 0.29) is 11.5 Å². The zero-order chi connectivity index (χ0) is 20.2. The zero-order valence-corrected chi connectivity index (χ0v) is 16.4. The molecular weight excluding hydrogens is 366 g/mol. The molecule has 0 bridgehead atoms. The Morgan fingerprint density at radius 3 is 2.52 bits per heavy atom. The number of para-hydroxylation sites is 1. The molecule has 1 N–H and O–H groups in total. The smallest absolute Gasteiger partial charge is 0.262 e. The van der Waals surface area contributed by atoms with E-state index < -0.39 is 15.9 Å². The van der Waals surface area contributed by atoms with Gasteiger partial charge in [0.05, 0.1) is 10.5 Å². The van der Waals surface area contributed by atoms with Gasteiger partial charge in [-0.3, -0.25) is 4.79 Å². The summed E-state index contributed by atoms with van der Waals surface area (Å²) >= 11 is 0. The Bertz CT molecular complexity index is 1010. The Morgan fingerprint density at radius 2 is 1.89 bits per heavy atom. The number of sulfonamides is 1. The second-order valence-electron chi connectivity index (χ2n) is 6.14. The van der Waals surface area contributed by atoms with Crippen LogP contribution in [0.4, 0.5) is 5.69 Å². The molecule has 2 rings (SSSR count). The third-order valence-electron chi connectivity index (χ3n) is 4.06. The minimum absolute atomic E-state index is 0.0987. The minimum Gasteiger partial charge on any atom is -0.482 e. The first-order valence-electron chi connectivity index (χ1n) is 8.12. The lowest BCUT2D eigenvalue weighted by atomic mass is 10.1. The lowest BCUT2D eigenvalue weighted by Crippen LogP contribution is -2.24. The topological polar surface area (TPSA) is 99.5 Å². The summed E-state index contributed by atoms with van der Waals surface area (Å²) in [5, 5.41) is 11.7. The van der Waals surface area contributed by atoms with Crippen LogP contribution in [-0.4, -0.2) is 39.3 Å². The maximum absolute atomic E-state index is 12.4. The van der Waals surface area contributed by atoms with Gasteiger partial charge in [0.25, 0.3) is 5.91 Å². The fourth-order valence-corrected chi connectivity index (χ4v) is 3.34. The van der Waals surface area contributed by atoms with Crippen LogP contribution in [0, 0.1) is 25.2 Å². The first kappa shape index (κ1) is 20.4. The first-order chi connectivity index (χ1) is 12.7. The summed E-state index contributed by atoms with van der Waals surface area (Å²) in [6, 6.07) is 11.6. The summed E-state index contributed by atoms with van der Waals surface area (Å²) < 4.78 is 31.3. The maximum Gasteiger partial charge on any atom is 0.262 e. The predicted molar refractivity (Wildman–Crippen MR) is 102 cm³/mol. The maximum atomic E-state index is 12.4. The fourth-order valence-electron chi connectivity index (χ4n) is 2.33. The number of amides is 1. The summed E-state index contributed by atoms with van der Waals surface area (Å²) in [7, 11) is -0.729. The van der Waals surface area contributed by atoms with E-state index in [4.69, 9.17) is 10.00 Å². The van der Waals surface area contributed by atoms with Gasteiger partial charge in [-0.05, 0) is 49.2 Å². The van der Waals surface area contributed by atoms with Crippen LogP contribution < -0.4 is 10.1 Å². The molecule has 27 heavy (non-hydrogen) atoms. The molecule has 2 aromatic carbocycles. The van der Waals surface area contributed by atoms with Gasteiger partial charge in [0.2, 0.25) is 10.0 Å². The first-order valence-corrected chi connectivity index (χ1v) is 9.56. The Balaban J connectivity index is 2.20. The number of rotatable bonds is 6. The van der Waals surface area contributed by atoms with Crippen LogP contribution in [0.1, 0.15) is 16.7 Å². The average molecular weight is 387 g/mol. The number of nitrogens with one attached hydrogen (secondary N) is 1. The van der Waals surface area contributed by atoms with Gasteiger partial charge in [-0.1, -0.05) is 12.1 Å². The highest BCUT2D eigenvalue weighted by atomic mass is 32.2. The summed E-state index contributed by atoms with van der Waals surface area (Å²) in [6.07, 6.45) is 0. The molecule has 0 atom stereocenters. The molecule has 1 amide bonds. The monoisotopic (exact) mass is 387 g/mol. The lowest BCUT2D eigenvalue weighted by Gasteiger charge is -2.16. The molecule has 0 saturated carbocycles. The molecule has 0 unspecified atom stereocenters. The van der Waals surface area contributed by atoms with E-state index in [9.17, 15) is 13.2 Å². The predicted octanol–water partition coefficient (Wildman–Crippen LogP) is 2.44. The van der Waals surface area contributed by atoms with Crippen LogP contribution in [0.3, 0.4) is 0 Å². The number of nitriles is 1. The van der Waals surface area contributed by atoms with Crippen LogP contribution in [0.2, 0.25) is 0 Å². The zero-order valence-electron chi connectivity index (χ0n) is 15.6. The van der Waals surface area contributed by atoms with E-state index in [1.807, 2.05) is 6.07 Å². The number of benzene rings is 2. The number of hydrogen-bond donors (Lipinski definition) is 1. The molecule has 0 saturated heterocycles. The number of carbonyl (C=O) groups is 1. The van der Waals surface area contributed by atoms with Crippen molar-refractivity contribution < 1.29 is 17.9 Å². The molecule has 0 aliphatic rings. The molecule has 0 aromatic heterocycles. The van der Waals surface area contributed by atoms with Gasteiger partial charge in [-0.25, -0.2) is 12.7 Å². The van der Waals surface area contributed by atoms with E-state index in [2.05, 4.69) is 5.32 Å². The molecule has 7 nitrogen and oxygen atoms in total. The van der Waals surface area contributed by atoms with E-state index >= 15 is 0 Å². The Hall–Kier alpha value is -2.89. The van der Waals surface area contributed by atoms with E-state index in [0.29, 0.717) is 17.0 Å². The summed E-state index contributed by atoms with van der Waals surface area (Å²) in [4.78, 5) is 12.4. The molecule has 142 valence electrons. The number of hydrogen-bond acceptors (Lipinski definition) is 5. The number of aryl methyl sites for hydroxylation is 1. The Kier molecular flexibility index (Phi) is 6.20. The highest BCUT2D eigenvalue weighted by Gasteiger charge is 2.20.